The van der Waals surface area contributed by atoms with Crippen LogP contribution in [0, 0.1) is 0 Å². The Hall–Kier alpha value is -1.29. The minimum atomic E-state index is -3.28. The number of carbonyl (C=O) groups excluding carboxylic acids is 2. The van der Waals surface area contributed by atoms with Crippen molar-refractivity contribution < 1.29 is 25.9 Å². The van der Waals surface area contributed by atoms with Crippen molar-refractivity contribution in [2.75, 3.05) is 12.4 Å². The molecule has 0 amide bonds. The van der Waals surface area contributed by atoms with Gasteiger partial charge in [0, 0.05) is 15.6 Å². The van der Waals surface area contributed by atoms with Crippen LogP contribution < -0.4 is 0 Å². The molecule has 0 radical (unpaired) electrons. The Bertz CT molecular complexity index is 847. The lowest BCUT2D eigenvalue weighted by Crippen LogP contribution is -2.26. The predicted octanol–water partition coefficient (Wildman–Crippen LogP) is 12.0. The third kappa shape index (κ3) is 31.6. The predicted molar refractivity (Wildman–Crippen MR) is 181 cm³/mol. The van der Waals surface area contributed by atoms with E-state index in [1.807, 2.05) is 0 Å². The summed E-state index contributed by atoms with van der Waals surface area (Å²) >= 11 is 5.71. The first-order valence-electron chi connectivity index (χ1n) is 19.8. The van der Waals surface area contributed by atoms with Crippen molar-refractivity contribution in [3.63, 3.8) is 0 Å². The number of halogens is 1. The number of ether oxygens (including phenoxy) is 2. The fraction of sp³-hybridized carbons (Fsp3) is 0.838. The van der Waals surface area contributed by atoms with E-state index in [0.29, 0.717) is 12.8 Å². The van der Waals surface area contributed by atoms with Gasteiger partial charge < -0.3 is 9.47 Å². The molecular formula is C37H67ClO4. The summed E-state index contributed by atoms with van der Waals surface area (Å²) in [6, 6.07) is 0. The van der Waals surface area contributed by atoms with Crippen molar-refractivity contribution >= 4 is 23.5 Å². The number of rotatable bonds is 32. The third-order valence-corrected chi connectivity index (χ3v) is 7.55. The van der Waals surface area contributed by atoms with E-state index in [1.165, 1.54) is 70.6 Å². The first-order valence-corrected chi connectivity index (χ1v) is 17.7. The Morgan fingerprint density at radius 2 is 1.02 bits per heavy atom. The maximum Gasteiger partial charge on any atom is 0.306 e. The van der Waals surface area contributed by atoms with Gasteiger partial charge in [0.15, 0.2) is 0 Å². The largest absolute Gasteiger partial charge is 0.462 e. The molecule has 0 aromatic rings. The molecule has 0 aromatic heterocycles. The second-order valence-corrected chi connectivity index (χ2v) is 11.6. The molecule has 5 heteroatoms. The zero-order valence-corrected chi connectivity index (χ0v) is 28.0. The van der Waals surface area contributed by atoms with Gasteiger partial charge in [-0.2, -0.15) is 0 Å². The molecule has 0 rings (SSSR count). The van der Waals surface area contributed by atoms with Gasteiger partial charge >= 0.3 is 11.9 Å². The van der Waals surface area contributed by atoms with Gasteiger partial charge in [-0.25, -0.2) is 0 Å². The molecule has 0 saturated carbocycles. The van der Waals surface area contributed by atoms with Gasteiger partial charge in [0.2, 0.25) is 0 Å². The van der Waals surface area contributed by atoms with Crippen LogP contribution in [0.3, 0.4) is 0 Å². The second kappa shape index (κ2) is 34.2. The first-order chi connectivity index (χ1) is 22.4. The number of unbranched alkanes of at least 4 members (excludes halogenated alkanes) is 20. The quantitative estimate of drug-likeness (QED) is 0.0327. The summed E-state index contributed by atoms with van der Waals surface area (Å²) in [5.74, 6) is -5.01. The minimum absolute atomic E-state index is 0.0709. The van der Waals surface area contributed by atoms with Crippen LogP contribution in [0.25, 0.3) is 0 Å². The van der Waals surface area contributed by atoms with Gasteiger partial charge in [-0.05, 0) is 44.9 Å². The number of esters is 2. The lowest BCUT2D eigenvalue weighted by molar-refractivity contribution is -0.157. The normalized spacial score (nSPS) is 15.5. The van der Waals surface area contributed by atoms with E-state index in [0.717, 1.165) is 70.6 Å². The van der Waals surface area contributed by atoms with Crippen molar-refractivity contribution in [2.45, 2.75) is 187 Å². The van der Waals surface area contributed by atoms with E-state index >= 15 is 0 Å². The molecule has 0 aliphatic carbocycles. The minimum Gasteiger partial charge on any atom is -0.462 e. The van der Waals surface area contributed by atoms with E-state index in [9.17, 15) is 9.59 Å². The van der Waals surface area contributed by atoms with Crippen molar-refractivity contribution in [3.05, 3.63) is 24.3 Å². The van der Waals surface area contributed by atoms with E-state index in [4.69, 9.17) is 27.9 Å². The van der Waals surface area contributed by atoms with Gasteiger partial charge in [-0.15, -0.1) is 11.6 Å². The van der Waals surface area contributed by atoms with Crippen LogP contribution in [-0.2, 0) is 19.1 Å². The summed E-state index contributed by atoms with van der Waals surface area (Å²) in [7, 11) is 0. The maximum atomic E-state index is 12.5. The van der Waals surface area contributed by atoms with E-state index in [-0.39, 0.29) is 12.8 Å². The molecule has 0 aliphatic heterocycles. The molecule has 0 heterocycles. The third-order valence-electron chi connectivity index (χ3n) is 7.38. The molecule has 0 N–H and O–H groups in total. The molecule has 1 unspecified atom stereocenters. The Morgan fingerprint density at radius 3 is 1.52 bits per heavy atom. The Kier molecular flexibility index (Phi) is 26.2. The van der Waals surface area contributed by atoms with Crippen LogP contribution in [0.4, 0.5) is 0 Å². The molecule has 0 bridgehead atoms. The maximum absolute atomic E-state index is 12.5. The monoisotopic (exact) mass is 616 g/mol. The van der Waals surface area contributed by atoms with Crippen LogP contribution >= 0.6 is 11.6 Å². The van der Waals surface area contributed by atoms with Crippen molar-refractivity contribution in [2.24, 2.45) is 0 Å². The summed E-state index contributed by atoms with van der Waals surface area (Å²) in [4.78, 5) is 24.9. The average Bonchev–Trinajstić information content (AvgIpc) is 3.00. The number of allylic oxidation sites excluding steroid dienone is 4. The zero-order chi connectivity index (χ0) is 35.3. The second-order valence-electron chi connectivity index (χ2n) is 11.4. The fourth-order valence-electron chi connectivity index (χ4n) is 4.75. The summed E-state index contributed by atoms with van der Waals surface area (Å²) < 4.78 is 50.1. The van der Waals surface area contributed by atoms with Crippen molar-refractivity contribution in [1.29, 1.82) is 0 Å². The zero-order valence-electron chi connectivity index (χ0n) is 32.2. The molecule has 0 aliphatic rings. The summed E-state index contributed by atoms with van der Waals surface area (Å²) in [5.41, 5.74) is 0. The van der Waals surface area contributed by atoms with Gasteiger partial charge in [0.05, 0.1) is 9.94 Å². The summed E-state index contributed by atoms with van der Waals surface area (Å²) in [5, 5.41) is 0. The first kappa shape index (κ1) is 32.1. The van der Waals surface area contributed by atoms with Gasteiger partial charge in [-0.1, -0.05) is 147 Å². The molecule has 0 aromatic carbocycles. The molecule has 0 saturated heterocycles. The Balaban J connectivity index is 4.27. The Labute approximate surface area is 272 Å². The van der Waals surface area contributed by atoms with E-state index in [1.54, 1.807) is 0 Å². The van der Waals surface area contributed by atoms with Crippen LogP contribution in [0.1, 0.15) is 188 Å². The van der Waals surface area contributed by atoms with E-state index < -0.39 is 30.4 Å². The van der Waals surface area contributed by atoms with Crippen LogP contribution in [0.5, 0.6) is 0 Å². The molecule has 42 heavy (non-hydrogen) atoms. The summed E-state index contributed by atoms with van der Waals surface area (Å²) in [6.07, 6.45) is 31.3. The van der Waals surface area contributed by atoms with Crippen LogP contribution in [-0.4, -0.2) is 30.4 Å². The molecule has 1 atom stereocenters. The highest BCUT2D eigenvalue weighted by Gasteiger charge is 2.16. The highest BCUT2D eigenvalue weighted by atomic mass is 35.5. The SMILES string of the molecule is [2H]C([2H])(Cl)C([2H])(OC(=O)CCCCCCC/C=C\C/C=C\CCCCC)C([2H])([2H])OC(=O)CCCCCCCCCCCCCCC. The highest BCUT2D eigenvalue weighted by molar-refractivity contribution is 6.18. The number of carbonyl (C=O) groups is 2. The van der Waals surface area contributed by atoms with E-state index in [2.05, 4.69) is 38.2 Å². The van der Waals surface area contributed by atoms with Gasteiger partial charge in [0.25, 0.3) is 0 Å². The topological polar surface area (TPSA) is 52.6 Å². The van der Waals surface area contributed by atoms with Crippen molar-refractivity contribution in [3.8, 4) is 0 Å². The number of hydrogen-bond donors (Lipinski definition) is 0. The molecule has 4 nitrogen and oxygen atoms in total. The fourth-order valence-corrected chi connectivity index (χ4v) is 4.82. The van der Waals surface area contributed by atoms with Crippen LogP contribution in [0.15, 0.2) is 24.3 Å². The number of hydrogen-bond acceptors (Lipinski definition) is 4. The highest BCUT2D eigenvalue weighted by Crippen LogP contribution is 2.14. The summed E-state index contributed by atoms with van der Waals surface area (Å²) in [6.45, 7) is 1.16. The lowest BCUT2D eigenvalue weighted by Gasteiger charge is -2.15. The van der Waals surface area contributed by atoms with Crippen molar-refractivity contribution in [1.82, 2.24) is 0 Å². The Morgan fingerprint density at radius 1 is 0.619 bits per heavy atom. The van der Waals surface area contributed by atoms with Gasteiger partial charge in [-0.3, -0.25) is 9.59 Å². The standard InChI is InChI=1S/C37H67ClO4/c1-3-5-7-9-11-13-15-17-18-20-22-24-26-28-30-32-37(40)42-35(33-38)34-41-36(39)31-29-27-25-23-21-19-16-14-12-10-8-6-4-2/h11,13,17-18,35H,3-10,12,14-16,19-34H2,1-2H3/b13-11-,18-17-/i33D2,34D2,35D. The lowest BCUT2D eigenvalue weighted by atomic mass is 10.0. The number of alkyl halides is 1. The molecule has 0 fully saturated rings. The molecule has 0 spiro atoms. The molecule has 246 valence electrons. The van der Waals surface area contributed by atoms with Crippen LogP contribution in [0.2, 0.25) is 0 Å². The molecular weight excluding hydrogens is 544 g/mol. The van der Waals surface area contributed by atoms with Gasteiger partial charge in [0.1, 0.15) is 12.6 Å². The average molecular weight is 616 g/mol. The smallest absolute Gasteiger partial charge is 0.306 e.